The second kappa shape index (κ2) is 5.74. The second-order valence-electron chi connectivity index (χ2n) is 5.14. The average molecular weight is 355 g/mol. The van der Waals surface area contributed by atoms with Crippen LogP contribution in [-0.4, -0.2) is 0 Å². The number of halogens is 3. The molecule has 1 aliphatic carbocycles. The van der Waals surface area contributed by atoms with Gasteiger partial charge < -0.3 is 5.32 Å². The summed E-state index contributed by atoms with van der Waals surface area (Å²) >= 11 is 9.44. The lowest BCUT2D eigenvalue weighted by Crippen LogP contribution is -2.12. The zero-order valence-electron chi connectivity index (χ0n) is 10.7. The molecule has 1 N–H and O–H groups in total. The fourth-order valence-corrected chi connectivity index (χ4v) is 2.83. The van der Waals surface area contributed by atoms with E-state index in [1.165, 1.54) is 25.0 Å². The zero-order valence-corrected chi connectivity index (χ0v) is 13.1. The quantitative estimate of drug-likeness (QED) is 0.731. The topological polar surface area (TPSA) is 12.0 Å². The Bertz CT molecular complexity index is 610. The first-order chi connectivity index (χ1) is 9.63. The Hall–Kier alpha value is -1.06. The fraction of sp³-hybridized carbons (Fsp3) is 0.250. The highest BCUT2D eigenvalue weighted by atomic mass is 79.9. The predicted octanol–water partition coefficient (Wildman–Crippen LogP) is 5.80. The van der Waals surface area contributed by atoms with Crippen LogP contribution in [0, 0.1) is 11.7 Å². The Balaban J connectivity index is 1.84. The third-order valence-electron chi connectivity index (χ3n) is 3.56. The van der Waals surface area contributed by atoms with Crippen LogP contribution in [0.3, 0.4) is 0 Å². The third-order valence-corrected chi connectivity index (χ3v) is 4.78. The lowest BCUT2D eigenvalue weighted by Gasteiger charge is -2.20. The summed E-state index contributed by atoms with van der Waals surface area (Å²) in [6, 6.07) is 12.8. The monoisotopic (exact) mass is 353 g/mol. The van der Waals surface area contributed by atoms with Crippen LogP contribution in [0.2, 0.25) is 5.02 Å². The van der Waals surface area contributed by atoms with E-state index >= 15 is 0 Å². The molecule has 1 atom stereocenters. The van der Waals surface area contributed by atoms with Crippen molar-refractivity contribution < 1.29 is 4.39 Å². The molecule has 1 fully saturated rings. The first-order valence-electron chi connectivity index (χ1n) is 6.60. The minimum Gasteiger partial charge on any atom is -0.378 e. The molecule has 20 heavy (non-hydrogen) atoms. The minimum atomic E-state index is -0.197. The van der Waals surface area contributed by atoms with E-state index in [0.29, 0.717) is 10.9 Å². The molecule has 0 radical (unpaired) electrons. The Morgan fingerprint density at radius 1 is 1.15 bits per heavy atom. The molecule has 0 aliphatic heterocycles. The predicted molar refractivity (Wildman–Crippen MR) is 84.6 cm³/mol. The van der Waals surface area contributed by atoms with Crippen LogP contribution in [-0.2, 0) is 0 Å². The lowest BCUT2D eigenvalue weighted by atomic mass is 10.0. The van der Waals surface area contributed by atoms with Gasteiger partial charge in [0.2, 0.25) is 0 Å². The van der Waals surface area contributed by atoms with Gasteiger partial charge in [-0.15, -0.1) is 0 Å². The Labute approximate surface area is 131 Å². The maximum atomic E-state index is 13.0. The first-order valence-corrected chi connectivity index (χ1v) is 7.77. The van der Waals surface area contributed by atoms with Gasteiger partial charge in [-0.25, -0.2) is 4.39 Å². The van der Waals surface area contributed by atoms with Crippen molar-refractivity contribution in [1.29, 1.82) is 0 Å². The SMILES string of the molecule is Fc1ccc(C(Nc2ccc(Cl)c(Br)c2)C2CC2)cc1. The number of nitrogens with one attached hydrogen (secondary N) is 1. The van der Waals surface area contributed by atoms with Crippen LogP contribution in [0.1, 0.15) is 24.4 Å². The van der Waals surface area contributed by atoms with Gasteiger partial charge in [0.25, 0.3) is 0 Å². The average Bonchev–Trinajstić information content (AvgIpc) is 3.26. The molecule has 1 nitrogen and oxygen atoms in total. The Morgan fingerprint density at radius 3 is 2.45 bits per heavy atom. The van der Waals surface area contributed by atoms with Gasteiger partial charge >= 0.3 is 0 Å². The molecule has 0 amide bonds. The summed E-state index contributed by atoms with van der Waals surface area (Å²) < 4.78 is 13.9. The maximum absolute atomic E-state index is 13.0. The normalized spacial score (nSPS) is 15.9. The molecule has 0 heterocycles. The molecule has 0 spiro atoms. The van der Waals surface area contributed by atoms with Gasteiger partial charge in [-0.3, -0.25) is 0 Å². The molecule has 1 unspecified atom stereocenters. The van der Waals surface area contributed by atoms with E-state index in [2.05, 4.69) is 21.2 Å². The van der Waals surface area contributed by atoms with Gasteiger partial charge in [0.15, 0.2) is 0 Å². The summed E-state index contributed by atoms with van der Waals surface area (Å²) in [5.41, 5.74) is 2.14. The van der Waals surface area contributed by atoms with Gasteiger partial charge in [-0.05, 0) is 70.6 Å². The summed E-state index contributed by atoms with van der Waals surface area (Å²) in [4.78, 5) is 0. The summed E-state index contributed by atoms with van der Waals surface area (Å²) in [6.07, 6.45) is 2.42. The second-order valence-corrected chi connectivity index (χ2v) is 6.40. The summed E-state index contributed by atoms with van der Waals surface area (Å²) in [7, 11) is 0. The third kappa shape index (κ3) is 3.15. The number of hydrogen-bond donors (Lipinski definition) is 1. The van der Waals surface area contributed by atoms with Gasteiger partial charge in [-0.2, -0.15) is 0 Å². The van der Waals surface area contributed by atoms with Crippen molar-refractivity contribution in [3.05, 3.63) is 63.3 Å². The van der Waals surface area contributed by atoms with Gasteiger partial charge in [0.05, 0.1) is 11.1 Å². The van der Waals surface area contributed by atoms with E-state index < -0.39 is 0 Å². The van der Waals surface area contributed by atoms with E-state index in [4.69, 9.17) is 11.6 Å². The van der Waals surface area contributed by atoms with Crippen LogP contribution in [0.25, 0.3) is 0 Å². The molecule has 1 aliphatic rings. The van der Waals surface area contributed by atoms with Crippen LogP contribution in [0.4, 0.5) is 10.1 Å². The van der Waals surface area contributed by atoms with Crippen molar-refractivity contribution in [2.45, 2.75) is 18.9 Å². The first kappa shape index (κ1) is 13.9. The van der Waals surface area contributed by atoms with Crippen molar-refractivity contribution in [3.63, 3.8) is 0 Å². The highest BCUT2D eigenvalue weighted by molar-refractivity contribution is 9.10. The molecule has 1 saturated carbocycles. The van der Waals surface area contributed by atoms with E-state index in [1.54, 1.807) is 0 Å². The maximum Gasteiger partial charge on any atom is 0.123 e. The zero-order chi connectivity index (χ0) is 14.1. The van der Waals surface area contributed by atoms with Crippen molar-refractivity contribution in [2.75, 3.05) is 5.32 Å². The number of benzene rings is 2. The number of anilines is 1. The smallest absolute Gasteiger partial charge is 0.123 e. The minimum absolute atomic E-state index is 0.197. The molecule has 3 rings (SSSR count). The molecule has 104 valence electrons. The summed E-state index contributed by atoms with van der Waals surface area (Å²) in [5.74, 6) is 0.424. The molecule has 2 aromatic carbocycles. The summed E-state index contributed by atoms with van der Waals surface area (Å²) in [6.45, 7) is 0. The van der Waals surface area contributed by atoms with Crippen molar-refractivity contribution >= 4 is 33.2 Å². The van der Waals surface area contributed by atoms with Gasteiger partial charge in [0, 0.05) is 10.2 Å². The number of rotatable bonds is 4. The summed E-state index contributed by atoms with van der Waals surface area (Å²) in [5, 5.41) is 4.23. The molecule has 2 aromatic rings. The van der Waals surface area contributed by atoms with E-state index in [0.717, 1.165) is 15.7 Å². The van der Waals surface area contributed by atoms with Crippen LogP contribution in [0.5, 0.6) is 0 Å². The van der Waals surface area contributed by atoms with Crippen LogP contribution >= 0.6 is 27.5 Å². The number of hydrogen-bond acceptors (Lipinski definition) is 1. The Kier molecular flexibility index (Phi) is 3.99. The van der Waals surface area contributed by atoms with Gasteiger partial charge in [0.1, 0.15) is 5.82 Å². The van der Waals surface area contributed by atoms with E-state index in [-0.39, 0.29) is 11.9 Å². The van der Waals surface area contributed by atoms with Crippen molar-refractivity contribution in [2.24, 2.45) is 5.92 Å². The molecule has 0 bridgehead atoms. The van der Waals surface area contributed by atoms with E-state index in [1.807, 2.05) is 30.3 Å². The van der Waals surface area contributed by atoms with Crippen LogP contribution in [0.15, 0.2) is 46.9 Å². The molecular formula is C16H14BrClFN. The van der Waals surface area contributed by atoms with E-state index in [9.17, 15) is 4.39 Å². The lowest BCUT2D eigenvalue weighted by molar-refractivity contribution is 0.622. The van der Waals surface area contributed by atoms with Crippen molar-refractivity contribution in [1.82, 2.24) is 0 Å². The highest BCUT2D eigenvalue weighted by Gasteiger charge is 2.32. The largest absolute Gasteiger partial charge is 0.378 e. The fourth-order valence-electron chi connectivity index (χ4n) is 2.34. The van der Waals surface area contributed by atoms with Crippen molar-refractivity contribution in [3.8, 4) is 0 Å². The Morgan fingerprint density at radius 2 is 1.85 bits per heavy atom. The molecule has 0 saturated heterocycles. The van der Waals surface area contributed by atoms with Gasteiger partial charge in [-0.1, -0.05) is 23.7 Å². The molecular weight excluding hydrogens is 341 g/mol. The molecule has 0 aromatic heterocycles. The highest BCUT2D eigenvalue weighted by Crippen LogP contribution is 2.43. The standard InChI is InChI=1S/C16H14BrClFN/c17-14-9-13(7-8-15(14)18)20-16(10-1-2-10)11-3-5-12(19)6-4-11/h3-10,16,20H,1-2H2. The molecule has 4 heteroatoms. The van der Waals surface area contributed by atoms with Crippen LogP contribution < -0.4 is 5.32 Å².